The highest BCUT2D eigenvalue weighted by Crippen LogP contribution is 2.25. The lowest BCUT2D eigenvalue weighted by atomic mass is 10.0. The van der Waals surface area contributed by atoms with Gasteiger partial charge in [0.25, 0.3) is 0 Å². The van der Waals surface area contributed by atoms with Crippen molar-refractivity contribution < 1.29 is 4.74 Å². The summed E-state index contributed by atoms with van der Waals surface area (Å²) in [6, 6.07) is 15.9. The van der Waals surface area contributed by atoms with Crippen molar-refractivity contribution in [2.24, 2.45) is 4.99 Å². The lowest BCUT2D eigenvalue weighted by Crippen LogP contribution is -2.38. The number of halogens is 1. The van der Waals surface area contributed by atoms with Crippen LogP contribution in [0.25, 0.3) is 0 Å². The van der Waals surface area contributed by atoms with Crippen molar-refractivity contribution in [2.45, 2.75) is 19.4 Å². The molecule has 2 N–H and O–H groups in total. The molecule has 2 aromatic carbocycles. The Balaban J connectivity index is 1.88. The number of methoxy groups -OCH3 is 1. The summed E-state index contributed by atoms with van der Waals surface area (Å²) < 4.78 is 5.43. The molecule has 24 heavy (non-hydrogen) atoms. The van der Waals surface area contributed by atoms with Crippen LogP contribution in [0.4, 0.5) is 0 Å². The molecule has 1 atom stereocenters. The van der Waals surface area contributed by atoms with Gasteiger partial charge in [-0.15, -0.1) is 0 Å². The molecule has 0 aromatic heterocycles. The maximum atomic E-state index is 5.90. The van der Waals surface area contributed by atoms with Gasteiger partial charge in [0.1, 0.15) is 5.75 Å². The topological polar surface area (TPSA) is 45.7 Å². The van der Waals surface area contributed by atoms with Crippen LogP contribution in [0, 0.1) is 0 Å². The van der Waals surface area contributed by atoms with Gasteiger partial charge < -0.3 is 15.4 Å². The predicted octanol–water partition coefficient (Wildman–Crippen LogP) is 3.82. The molecule has 0 saturated heterocycles. The molecule has 4 nitrogen and oxygen atoms in total. The fourth-order valence-corrected chi connectivity index (χ4v) is 2.57. The van der Waals surface area contributed by atoms with Gasteiger partial charge in [-0.3, -0.25) is 4.99 Å². The molecular weight excluding hydrogens is 322 g/mol. The van der Waals surface area contributed by atoms with E-state index in [0.29, 0.717) is 12.5 Å². The van der Waals surface area contributed by atoms with E-state index in [9.17, 15) is 0 Å². The SMILES string of the molecule is CN=C(NCc1ccc(Cl)cc1)NCC(C)c1ccccc1OC. The quantitative estimate of drug-likeness (QED) is 0.618. The van der Waals surface area contributed by atoms with E-state index >= 15 is 0 Å². The fourth-order valence-electron chi connectivity index (χ4n) is 2.44. The summed E-state index contributed by atoms with van der Waals surface area (Å²) in [6.45, 7) is 3.62. The van der Waals surface area contributed by atoms with Gasteiger partial charge in [-0.05, 0) is 29.3 Å². The molecule has 0 aliphatic carbocycles. The van der Waals surface area contributed by atoms with Crippen LogP contribution in [0.3, 0.4) is 0 Å². The van der Waals surface area contributed by atoms with E-state index in [-0.39, 0.29) is 0 Å². The summed E-state index contributed by atoms with van der Waals surface area (Å²) in [6.07, 6.45) is 0. The third kappa shape index (κ3) is 5.17. The Kier molecular flexibility index (Phi) is 6.94. The monoisotopic (exact) mass is 345 g/mol. The second kappa shape index (κ2) is 9.18. The van der Waals surface area contributed by atoms with Gasteiger partial charge in [-0.1, -0.05) is 48.9 Å². The van der Waals surface area contributed by atoms with E-state index in [0.717, 1.165) is 28.8 Å². The first-order valence-corrected chi connectivity index (χ1v) is 8.33. The molecule has 0 heterocycles. The number of hydrogen-bond acceptors (Lipinski definition) is 2. The predicted molar refractivity (Wildman–Crippen MR) is 101 cm³/mol. The minimum atomic E-state index is 0.301. The zero-order valence-electron chi connectivity index (χ0n) is 14.3. The number of nitrogens with zero attached hydrogens (tertiary/aromatic N) is 1. The molecule has 128 valence electrons. The molecule has 0 aliphatic heterocycles. The zero-order valence-corrected chi connectivity index (χ0v) is 15.1. The summed E-state index contributed by atoms with van der Waals surface area (Å²) in [5.74, 6) is 1.98. The van der Waals surface area contributed by atoms with Crippen molar-refractivity contribution in [1.29, 1.82) is 0 Å². The van der Waals surface area contributed by atoms with Crippen LogP contribution in [-0.4, -0.2) is 26.7 Å². The van der Waals surface area contributed by atoms with Crippen LogP contribution < -0.4 is 15.4 Å². The highest BCUT2D eigenvalue weighted by atomic mass is 35.5. The number of guanidine groups is 1. The van der Waals surface area contributed by atoms with Crippen molar-refractivity contribution in [3.63, 3.8) is 0 Å². The Labute approximate surface area is 148 Å². The zero-order chi connectivity index (χ0) is 17.4. The lowest BCUT2D eigenvalue weighted by molar-refractivity contribution is 0.406. The standard InChI is InChI=1S/C19H24ClN3O/c1-14(17-6-4-5-7-18(17)24-3)12-22-19(21-2)23-13-15-8-10-16(20)11-9-15/h4-11,14H,12-13H2,1-3H3,(H2,21,22,23). The normalized spacial score (nSPS) is 12.6. The molecule has 0 radical (unpaired) electrons. The first-order valence-electron chi connectivity index (χ1n) is 7.96. The molecule has 0 spiro atoms. The second-order valence-electron chi connectivity index (χ2n) is 5.58. The van der Waals surface area contributed by atoms with Crippen LogP contribution in [0.2, 0.25) is 5.02 Å². The average Bonchev–Trinajstić information content (AvgIpc) is 2.63. The molecule has 1 unspecified atom stereocenters. The van der Waals surface area contributed by atoms with Crippen molar-refractivity contribution >= 4 is 17.6 Å². The Morgan fingerprint density at radius 2 is 1.83 bits per heavy atom. The Bertz CT molecular complexity index is 671. The maximum Gasteiger partial charge on any atom is 0.191 e. The summed E-state index contributed by atoms with van der Waals surface area (Å²) in [7, 11) is 3.47. The molecule has 0 fully saturated rings. The van der Waals surface area contributed by atoms with Gasteiger partial charge in [0.15, 0.2) is 5.96 Å². The summed E-state index contributed by atoms with van der Waals surface area (Å²) >= 11 is 5.90. The molecule has 5 heteroatoms. The van der Waals surface area contributed by atoms with Gasteiger partial charge in [-0.2, -0.15) is 0 Å². The fraction of sp³-hybridized carbons (Fsp3) is 0.316. The second-order valence-corrected chi connectivity index (χ2v) is 6.01. The van der Waals surface area contributed by atoms with E-state index in [1.165, 1.54) is 5.56 Å². The number of aliphatic imine (C=N–C) groups is 1. The first-order chi connectivity index (χ1) is 11.6. The number of nitrogens with one attached hydrogen (secondary N) is 2. The Morgan fingerprint density at radius 1 is 1.12 bits per heavy atom. The molecule has 0 saturated carbocycles. The van der Waals surface area contributed by atoms with E-state index < -0.39 is 0 Å². The van der Waals surface area contributed by atoms with Gasteiger partial charge >= 0.3 is 0 Å². The summed E-state index contributed by atoms with van der Waals surface area (Å²) in [5.41, 5.74) is 2.33. The number of ether oxygens (including phenoxy) is 1. The van der Waals surface area contributed by atoms with Crippen LogP contribution in [-0.2, 0) is 6.54 Å². The largest absolute Gasteiger partial charge is 0.496 e. The Morgan fingerprint density at radius 3 is 2.50 bits per heavy atom. The molecule has 0 amide bonds. The lowest BCUT2D eigenvalue weighted by Gasteiger charge is -2.18. The van der Waals surface area contributed by atoms with E-state index in [1.807, 2.05) is 42.5 Å². The van der Waals surface area contributed by atoms with Gasteiger partial charge in [0.05, 0.1) is 7.11 Å². The van der Waals surface area contributed by atoms with E-state index in [2.05, 4.69) is 28.6 Å². The minimum absolute atomic E-state index is 0.301. The van der Waals surface area contributed by atoms with Crippen LogP contribution in [0.15, 0.2) is 53.5 Å². The van der Waals surface area contributed by atoms with Crippen LogP contribution in [0.5, 0.6) is 5.75 Å². The van der Waals surface area contributed by atoms with Gasteiger partial charge in [-0.25, -0.2) is 0 Å². The molecule has 2 rings (SSSR count). The molecular formula is C19H24ClN3O. The van der Waals surface area contributed by atoms with Crippen molar-refractivity contribution in [3.05, 3.63) is 64.7 Å². The van der Waals surface area contributed by atoms with Crippen LogP contribution in [0.1, 0.15) is 24.0 Å². The number of benzene rings is 2. The van der Waals surface area contributed by atoms with Crippen molar-refractivity contribution in [2.75, 3.05) is 20.7 Å². The van der Waals surface area contributed by atoms with E-state index in [1.54, 1.807) is 14.2 Å². The number of para-hydroxylation sites is 1. The maximum absolute atomic E-state index is 5.90. The average molecular weight is 346 g/mol. The smallest absolute Gasteiger partial charge is 0.191 e. The van der Waals surface area contributed by atoms with E-state index in [4.69, 9.17) is 16.3 Å². The summed E-state index contributed by atoms with van der Waals surface area (Å²) in [5, 5.41) is 7.41. The molecule has 2 aromatic rings. The minimum Gasteiger partial charge on any atom is -0.496 e. The third-order valence-corrected chi connectivity index (χ3v) is 4.09. The highest BCUT2D eigenvalue weighted by molar-refractivity contribution is 6.30. The first kappa shape index (κ1) is 18.1. The van der Waals surface area contributed by atoms with Gasteiger partial charge in [0, 0.05) is 31.1 Å². The summed E-state index contributed by atoms with van der Waals surface area (Å²) in [4.78, 5) is 4.27. The number of rotatable bonds is 6. The number of hydrogen-bond donors (Lipinski definition) is 2. The molecule has 0 bridgehead atoms. The Hall–Kier alpha value is -2.20. The van der Waals surface area contributed by atoms with Crippen molar-refractivity contribution in [3.8, 4) is 5.75 Å². The van der Waals surface area contributed by atoms with Gasteiger partial charge in [0.2, 0.25) is 0 Å². The highest BCUT2D eigenvalue weighted by Gasteiger charge is 2.11. The van der Waals surface area contributed by atoms with Crippen LogP contribution >= 0.6 is 11.6 Å². The van der Waals surface area contributed by atoms with Crippen molar-refractivity contribution in [1.82, 2.24) is 10.6 Å². The molecule has 0 aliphatic rings. The third-order valence-electron chi connectivity index (χ3n) is 3.84.